The van der Waals surface area contributed by atoms with Gasteiger partial charge in [0.25, 0.3) is 0 Å². The smallest absolute Gasteiger partial charge is 0.225 e. The first-order valence-corrected chi connectivity index (χ1v) is 12.3. The summed E-state index contributed by atoms with van der Waals surface area (Å²) < 4.78 is 38.2. The summed E-state index contributed by atoms with van der Waals surface area (Å²) >= 11 is 1.19. The molecule has 3 N–H and O–H groups in total. The molecule has 3 aliphatic rings. The van der Waals surface area contributed by atoms with Gasteiger partial charge >= 0.3 is 0 Å². The molecule has 0 amide bonds. The monoisotopic (exact) mass is 490 g/mol. The lowest BCUT2D eigenvalue weighted by molar-refractivity contribution is 0.135. The first kappa shape index (κ1) is 20.9. The molecule has 0 saturated carbocycles. The van der Waals surface area contributed by atoms with Crippen LogP contribution in [0.1, 0.15) is 16.7 Å². The molecule has 4 aromatic rings. The number of nitriles is 1. The molecule has 5 heterocycles. The summed E-state index contributed by atoms with van der Waals surface area (Å²) in [4.78, 5) is 11.3. The SMILES string of the molecule is N#Cc1c(N)sc2ccc(F)c(-c3c4c(c5cnc(N6C[C@H]7CNC[C@H]7C6)nc5c3F)COC4)c12. The number of hydrogen-bond acceptors (Lipinski definition) is 8. The highest BCUT2D eigenvalue weighted by Crippen LogP contribution is 2.46. The Hall–Kier alpha value is -3.39. The Kier molecular flexibility index (Phi) is 4.52. The number of halogens is 2. The predicted octanol–water partition coefficient (Wildman–Crippen LogP) is 3.93. The van der Waals surface area contributed by atoms with E-state index < -0.39 is 11.6 Å². The molecule has 3 aliphatic heterocycles. The van der Waals surface area contributed by atoms with E-state index in [1.54, 1.807) is 12.3 Å². The molecule has 10 heteroatoms. The fourth-order valence-electron chi connectivity index (χ4n) is 5.88. The van der Waals surface area contributed by atoms with Crippen LogP contribution in [0.4, 0.5) is 19.7 Å². The summed E-state index contributed by atoms with van der Waals surface area (Å²) in [6.07, 6.45) is 1.66. The predicted molar refractivity (Wildman–Crippen MR) is 130 cm³/mol. The average molecular weight is 491 g/mol. The van der Waals surface area contributed by atoms with Gasteiger partial charge in [0.05, 0.1) is 18.8 Å². The summed E-state index contributed by atoms with van der Waals surface area (Å²) in [5.74, 6) is 0.292. The molecule has 7 nitrogen and oxygen atoms in total. The maximum atomic E-state index is 16.4. The van der Waals surface area contributed by atoms with E-state index in [4.69, 9.17) is 10.5 Å². The van der Waals surface area contributed by atoms with Gasteiger partial charge in [0.2, 0.25) is 5.95 Å². The Bertz CT molecular complexity index is 1580. The van der Waals surface area contributed by atoms with Crippen LogP contribution in [0.25, 0.3) is 32.1 Å². The van der Waals surface area contributed by atoms with Gasteiger partial charge < -0.3 is 20.7 Å². The first-order chi connectivity index (χ1) is 17.0. The molecule has 2 aromatic carbocycles. The van der Waals surface area contributed by atoms with Crippen molar-refractivity contribution in [1.82, 2.24) is 15.3 Å². The molecule has 0 bridgehead atoms. The van der Waals surface area contributed by atoms with E-state index in [0.717, 1.165) is 31.7 Å². The lowest BCUT2D eigenvalue weighted by Crippen LogP contribution is -2.27. The summed E-state index contributed by atoms with van der Waals surface area (Å²) in [6.45, 7) is 3.96. The number of nitrogens with zero attached hydrogens (tertiary/aromatic N) is 4. The Balaban J connectivity index is 1.49. The number of rotatable bonds is 2. The second-order valence-corrected chi connectivity index (χ2v) is 10.5. The van der Waals surface area contributed by atoms with E-state index in [9.17, 15) is 5.26 Å². The van der Waals surface area contributed by atoms with E-state index in [0.29, 0.717) is 38.8 Å². The highest BCUT2D eigenvalue weighted by molar-refractivity contribution is 7.23. The fourth-order valence-corrected chi connectivity index (χ4v) is 6.80. The van der Waals surface area contributed by atoms with Crippen molar-refractivity contribution in [3.63, 3.8) is 0 Å². The molecule has 2 aromatic heterocycles. The van der Waals surface area contributed by atoms with E-state index >= 15 is 8.78 Å². The fraction of sp³-hybridized carbons (Fsp3) is 0.320. The maximum absolute atomic E-state index is 16.4. The first-order valence-electron chi connectivity index (χ1n) is 11.5. The molecule has 7 rings (SSSR count). The average Bonchev–Trinajstić information content (AvgIpc) is 3.62. The van der Waals surface area contributed by atoms with Crippen molar-refractivity contribution >= 4 is 43.3 Å². The summed E-state index contributed by atoms with van der Waals surface area (Å²) in [6, 6.07) is 4.94. The van der Waals surface area contributed by atoms with Crippen LogP contribution in [0.3, 0.4) is 0 Å². The lowest BCUT2D eigenvalue weighted by Gasteiger charge is -2.19. The normalized spacial score (nSPS) is 21.1. The number of aromatic nitrogens is 2. The molecule has 2 atom stereocenters. The third kappa shape index (κ3) is 2.92. The number of thiophene rings is 1. The van der Waals surface area contributed by atoms with Gasteiger partial charge in [-0.1, -0.05) is 0 Å². The zero-order valence-electron chi connectivity index (χ0n) is 18.6. The molecular formula is C25H20F2N6OS. The zero-order valence-corrected chi connectivity index (χ0v) is 19.4. The molecule has 2 saturated heterocycles. The van der Waals surface area contributed by atoms with Crippen LogP contribution in [0, 0.1) is 34.8 Å². The molecule has 2 fully saturated rings. The third-order valence-corrected chi connectivity index (χ3v) is 8.54. The van der Waals surface area contributed by atoms with Crippen LogP contribution in [0.2, 0.25) is 0 Å². The Morgan fingerprint density at radius 3 is 2.69 bits per heavy atom. The van der Waals surface area contributed by atoms with E-state index in [1.165, 1.54) is 17.4 Å². The molecule has 0 spiro atoms. The van der Waals surface area contributed by atoms with Gasteiger partial charge in [-0.2, -0.15) is 5.26 Å². The van der Waals surface area contributed by atoms with E-state index in [2.05, 4.69) is 26.3 Å². The van der Waals surface area contributed by atoms with E-state index in [1.807, 2.05) is 0 Å². The third-order valence-electron chi connectivity index (χ3n) is 7.55. The van der Waals surface area contributed by atoms with Crippen LogP contribution >= 0.6 is 11.3 Å². The zero-order chi connectivity index (χ0) is 23.8. The summed E-state index contributed by atoms with van der Waals surface area (Å²) in [5.41, 5.74) is 7.80. The van der Waals surface area contributed by atoms with Crippen LogP contribution in [0.5, 0.6) is 0 Å². The molecule has 35 heavy (non-hydrogen) atoms. The van der Waals surface area contributed by atoms with E-state index in [-0.39, 0.29) is 40.4 Å². The van der Waals surface area contributed by atoms with Gasteiger partial charge in [-0.25, -0.2) is 18.7 Å². The number of anilines is 2. The highest BCUT2D eigenvalue weighted by Gasteiger charge is 2.37. The van der Waals surface area contributed by atoms with Gasteiger partial charge in [-0.15, -0.1) is 11.3 Å². The minimum Gasteiger partial charge on any atom is -0.389 e. The number of nitrogens with two attached hydrogens (primary N) is 1. The van der Waals surface area contributed by atoms with Crippen LogP contribution < -0.4 is 16.0 Å². The van der Waals surface area contributed by atoms with Gasteiger partial charge in [-0.05, 0) is 35.1 Å². The lowest BCUT2D eigenvalue weighted by atomic mass is 9.90. The van der Waals surface area contributed by atoms with Gasteiger partial charge in [-0.3, -0.25) is 0 Å². The second-order valence-electron chi connectivity index (χ2n) is 9.40. The largest absolute Gasteiger partial charge is 0.389 e. The Labute approximate surface area is 203 Å². The van der Waals surface area contributed by atoms with Crippen molar-refractivity contribution in [3.05, 3.63) is 46.7 Å². The highest BCUT2D eigenvalue weighted by atomic mass is 32.1. The molecule has 176 valence electrons. The quantitative estimate of drug-likeness (QED) is 0.439. The number of fused-ring (bicyclic) bond motifs is 5. The standard InChI is InChI=1S/C25H20F2N6OS/c26-17-1-2-18-19(13(3-28)24(29)35-18)21(17)20-16-10-34-9-15(16)14-6-31-25(32-23(14)22(20)27)33-7-11-4-30-5-12(11)8-33/h1-2,6,11-12,30H,4-5,7-10,29H2/t11-,12+. The van der Waals surface area contributed by atoms with Crippen LogP contribution in [0.15, 0.2) is 18.3 Å². The van der Waals surface area contributed by atoms with Crippen LogP contribution in [-0.2, 0) is 18.0 Å². The maximum Gasteiger partial charge on any atom is 0.225 e. The van der Waals surface area contributed by atoms with Gasteiger partial charge in [0.1, 0.15) is 22.4 Å². The number of nitrogens with one attached hydrogen (secondary N) is 1. The van der Waals surface area contributed by atoms with Gasteiger partial charge in [0, 0.05) is 59.0 Å². The van der Waals surface area contributed by atoms with Crippen molar-refractivity contribution in [2.75, 3.05) is 36.8 Å². The molecule has 0 unspecified atom stereocenters. The second kappa shape index (κ2) is 7.55. The number of ether oxygens (including phenoxy) is 1. The minimum atomic E-state index is -0.631. The molecule has 0 aliphatic carbocycles. The van der Waals surface area contributed by atoms with Gasteiger partial charge in [0.15, 0.2) is 5.82 Å². The molecular weight excluding hydrogens is 470 g/mol. The minimum absolute atomic E-state index is 0.0371. The summed E-state index contributed by atoms with van der Waals surface area (Å²) in [7, 11) is 0. The van der Waals surface area contributed by atoms with Crippen molar-refractivity contribution in [3.8, 4) is 17.2 Å². The van der Waals surface area contributed by atoms with Crippen molar-refractivity contribution in [2.45, 2.75) is 13.2 Å². The summed E-state index contributed by atoms with van der Waals surface area (Å²) in [5, 5.41) is 14.3. The van der Waals surface area contributed by atoms with Crippen molar-refractivity contribution < 1.29 is 13.5 Å². The Morgan fingerprint density at radius 1 is 1.14 bits per heavy atom. The number of hydrogen-bond donors (Lipinski definition) is 2. The Morgan fingerprint density at radius 2 is 1.91 bits per heavy atom. The molecule has 0 radical (unpaired) electrons. The van der Waals surface area contributed by atoms with Crippen molar-refractivity contribution in [2.24, 2.45) is 11.8 Å². The number of nitrogen functional groups attached to an aromatic ring is 1. The van der Waals surface area contributed by atoms with Crippen molar-refractivity contribution in [1.29, 1.82) is 5.26 Å². The number of benzene rings is 2. The topological polar surface area (TPSA) is 100 Å². The van der Waals surface area contributed by atoms with Crippen LogP contribution in [-0.4, -0.2) is 36.1 Å².